The first-order valence-electron chi connectivity index (χ1n) is 7.95. The molecule has 1 aromatic rings. The third-order valence-corrected chi connectivity index (χ3v) is 4.33. The molecule has 1 heterocycles. The van der Waals surface area contributed by atoms with Crippen LogP contribution in [0.25, 0.3) is 6.08 Å². The van der Waals surface area contributed by atoms with E-state index in [0.717, 1.165) is 30.5 Å². The lowest BCUT2D eigenvalue weighted by Gasteiger charge is -2.38. The first-order valence-corrected chi connectivity index (χ1v) is 7.95. The van der Waals surface area contributed by atoms with Gasteiger partial charge in [-0.05, 0) is 36.6 Å². The summed E-state index contributed by atoms with van der Waals surface area (Å²) >= 11 is 0. The molecule has 122 valence electrons. The smallest absolute Gasteiger partial charge is 0.348 e. The van der Waals surface area contributed by atoms with Crippen LogP contribution < -0.4 is 4.90 Å². The van der Waals surface area contributed by atoms with Crippen LogP contribution in [-0.4, -0.2) is 31.8 Å². The Morgan fingerprint density at radius 1 is 0.957 bits per heavy atom. The number of ether oxygens (including phenoxy) is 2. The Labute approximate surface area is 135 Å². The van der Waals surface area contributed by atoms with Gasteiger partial charge in [-0.25, -0.2) is 9.59 Å². The molecule has 0 N–H and O–H groups in total. The average Bonchev–Trinajstić information content (AvgIpc) is 2.52. The number of rotatable bonds is 2. The molecule has 5 nitrogen and oxygen atoms in total. The van der Waals surface area contributed by atoms with Gasteiger partial charge in [-0.3, -0.25) is 0 Å². The van der Waals surface area contributed by atoms with Crippen molar-refractivity contribution in [2.24, 2.45) is 0 Å². The van der Waals surface area contributed by atoms with E-state index < -0.39 is 17.7 Å². The zero-order valence-corrected chi connectivity index (χ0v) is 13.5. The summed E-state index contributed by atoms with van der Waals surface area (Å²) in [6, 6.07) is 7.56. The topological polar surface area (TPSA) is 55.8 Å². The van der Waals surface area contributed by atoms with Crippen molar-refractivity contribution in [3.63, 3.8) is 0 Å². The van der Waals surface area contributed by atoms with Crippen molar-refractivity contribution >= 4 is 23.7 Å². The molecule has 1 spiro atoms. The number of anilines is 1. The minimum Gasteiger partial charge on any atom is -0.419 e. The third-order valence-electron chi connectivity index (χ3n) is 4.33. The molecule has 2 aliphatic rings. The molecule has 23 heavy (non-hydrogen) atoms. The predicted molar refractivity (Wildman–Crippen MR) is 86.7 cm³/mol. The lowest BCUT2D eigenvalue weighted by molar-refractivity contribution is -0.244. The molecule has 3 rings (SSSR count). The Kier molecular flexibility index (Phi) is 4.11. The maximum atomic E-state index is 12.3. The van der Waals surface area contributed by atoms with Gasteiger partial charge in [-0.2, -0.15) is 0 Å². The molecule has 0 amide bonds. The summed E-state index contributed by atoms with van der Waals surface area (Å²) in [4.78, 5) is 26.5. The normalized spacial score (nSPS) is 20.0. The van der Waals surface area contributed by atoms with Crippen LogP contribution >= 0.6 is 0 Å². The van der Waals surface area contributed by atoms with Crippen molar-refractivity contribution < 1.29 is 19.1 Å². The summed E-state index contributed by atoms with van der Waals surface area (Å²) in [5.74, 6) is -2.20. The standard InChI is InChI=1S/C18H21NO4/c1-19(2)14-8-6-13(7-9-14)12-15-16(20)22-18(23-17(15)21)10-4-3-5-11-18/h6-9,12H,3-5,10-11H2,1-2H3. The van der Waals surface area contributed by atoms with Gasteiger partial charge in [0.2, 0.25) is 0 Å². The van der Waals surface area contributed by atoms with Crippen LogP contribution in [0.5, 0.6) is 0 Å². The molecule has 0 aromatic heterocycles. The highest BCUT2D eigenvalue weighted by Crippen LogP contribution is 2.37. The Bertz CT molecular complexity index is 617. The van der Waals surface area contributed by atoms with E-state index in [4.69, 9.17) is 9.47 Å². The largest absolute Gasteiger partial charge is 0.419 e. The van der Waals surface area contributed by atoms with Gasteiger partial charge in [-0.1, -0.05) is 18.6 Å². The molecule has 1 saturated heterocycles. The molecule has 0 atom stereocenters. The molecule has 2 fully saturated rings. The van der Waals surface area contributed by atoms with E-state index in [9.17, 15) is 9.59 Å². The quantitative estimate of drug-likeness (QED) is 0.477. The van der Waals surface area contributed by atoms with Crippen LogP contribution in [0.4, 0.5) is 5.69 Å². The van der Waals surface area contributed by atoms with E-state index in [1.807, 2.05) is 43.3 Å². The molecular weight excluding hydrogens is 294 g/mol. The molecule has 1 aromatic carbocycles. The second-order valence-electron chi connectivity index (χ2n) is 6.29. The monoisotopic (exact) mass is 315 g/mol. The van der Waals surface area contributed by atoms with Gasteiger partial charge in [0, 0.05) is 32.6 Å². The number of hydrogen-bond acceptors (Lipinski definition) is 5. The van der Waals surface area contributed by atoms with Gasteiger partial charge in [0.1, 0.15) is 5.57 Å². The minimum absolute atomic E-state index is 0.0428. The first-order chi connectivity index (χ1) is 11.0. The summed E-state index contributed by atoms with van der Waals surface area (Å²) in [5.41, 5.74) is 1.76. The minimum atomic E-state index is -1.03. The van der Waals surface area contributed by atoms with Crippen LogP contribution in [0.2, 0.25) is 0 Å². The highest BCUT2D eigenvalue weighted by Gasteiger charge is 2.46. The number of carbonyl (C=O) groups excluding carboxylic acids is 2. The zero-order chi connectivity index (χ0) is 16.4. The van der Waals surface area contributed by atoms with E-state index in [1.165, 1.54) is 6.08 Å². The average molecular weight is 315 g/mol. The molecule has 5 heteroatoms. The Morgan fingerprint density at radius 2 is 1.52 bits per heavy atom. The molecule has 0 radical (unpaired) electrons. The number of nitrogens with zero attached hydrogens (tertiary/aromatic N) is 1. The number of esters is 2. The van der Waals surface area contributed by atoms with Crippen molar-refractivity contribution in [1.29, 1.82) is 0 Å². The first kappa shape index (κ1) is 15.6. The van der Waals surface area contributed by atoms with Crippen molar-refractivity contribution in [3.8, 4) is 0 Å². The van der Waals surface area contributed by atoms with Gasteiger partial charge >= 0.3 is 11.9 Å². The van der Waals surface area contributed by atoms with Crippen LogP contribution in [0.1, 0.15) is 37.7 Å². The van der Waals surface area contributed by atoms with Crippen LogP contribution in [-0.2, 0) is 19.1 Å². The molecular formula is C18H21NO4. The zero-order valence-electron chi connectivity index (χ0n) is 13.5. The fourth-order valence-electron chi connectivity index (χ4n) is 3.00. The van der Waals surface area contributed by atoms with E-state index in [-0.39, 0.29) is 5.57 Å². The van der Waals surface area contributed by atoms with E-state index in [2.05, 4.69) is 0 Å². The summed E-state index contributed by atoms with van der Waals surface area (Å²) in [6.45, 7) is 0. The highest BCUT2D eigenvalue weighted by atomic mass is 16.7. The van der Waals surface area contributed by atoms with Crippen LogP contribution in [0, 0.1) is 0 Å². The Balaban J connectivity index is 1.80. The Morgan fingerprint density at radius 3 is 2.04 bits per heavy atom. The van der Waals surface area contributed by atoms with Gasteiger partial charge in [0.05, 0.1) is 0 Å². The van der Waals surface area contributed by atoms with E-state index >= 15 is 0 Å². The predicted octanol–water partition coefficient (Wildman–Crippen LogP) is 2.90. The summed E-state index contributed by atoms with van der Waals surface area (Å²) < 4.78 is 10.9. The maximum Gasteiger partial charge on any atom is 0.348 e. The van der Waals surface area contributed by atoms with Gasteiger partial charge in [-0.15, -0.1) is 0 Å². The molecule has 0 bridgehead atoms. The lowest BCUT2D eigenvalue weighted by atomic mass is 9.93. The second-order valence-corrected chi connectivity index (χ2v) is 6.29. The van der Waals surface area contributed by atoms with Gasteiger partial charge in [0.15, 0.2) is 0 Å². The van der Waals surface area contributed by atoms with Crippen LogP contribution in [0.3, 0.4) is 0 Å². The Hall–Kier alpha value is -2.30. The second kappa shape index (κ2) is 6.07. The van der Waals surface area contributed by atoms with Crippen LogP contribution in [0.15, 0.2) is 29.8 Å². The fourth-order valence-corrected chi connectivity index (χ4v) is 3.00. The fraction of sp³-hybridized carbons (Fsp3) is 0.444. The maximum absolute atomic E-state index is 12.3. The van der Waals surface area contributed by atoms with Crippen molar-refractivity contribution in [3.05, 3.63) is 35.4 Å². The summed E-state index contributed by atoms with van der Waals surface area (Å²) in [7, 11) is 3.90. The SMILES string of the molecule is CN(C)c1ccc(C=C2C(=O)OC3(CCCCC3)OC2=O)cc1. The summed E-state index contributed by atoms with van der Waals surface area (Å²) in [5, 5.41) is 0. The third kappa shape index (κ3) is 3.23. The molecule has 1 aliphatic heterocycles. The van der Waals surface area contributed by atoms with Crippen molar-refractivity contribution in [2.75, 3.05) is 19.0 Å². The van der Waals surface area contributed by atoms with E-state index in [1.54, 1.807) is 0 Å². The van der Waals surface area contributed by atoms with Gasteiger partial charge < -0.3 is 14.4 Å². The van der Waals surface area contributed by atoms with E-state index in [0.29, 0.717) is 12.8 Å². The number of hydrogen-bond donors (Lipinski definition) is 0. The number of benzene rings is 1. The molecule has 1 aliphatic carbocycles. The van der Waals surface area contributed by atoms with Gasteiger partial charge in [0.25, 0.3) is 5.79 Å². The lowest BCUT2D eigenvalue weighted by Crippen LogP contribution is -2.47. The van der Waals surface area contributed by atoms with Crippen molar-refractivity contribution in [2.45, 2.75) is 37.9 Å². The molecule has 1 saturated carbocycles. The van der Waals surface area contributed by atoms with Crippen molar-refractivity contribution in [1.82, 2.24) is 0 Å². The summed E-state index contributed by atoms with van der Waals surface area (Å²) in [6.07, 6.45) is 5.61. The number of carbonyl (C=O) groups is 2. The molecule has 0 unspecified atom stereocenters. The highest BCUT2D eigenvalue weighted by molar-refractivity contribution is 6.18.